The topological polar surface area (TPSA) is 66.1 Å². The molecule has 1 amide bonds. The number of aryl methyl sites for hydroxylation is 1. The Morgan fingerprint density at radius 3 is 2.64 bits per heavy atom. The number of anilines is 1. The number of nitrogens with zero attached hydrogens (tertiary/aromatic N) is 3. The average molecular weight is 293 g/mol. The van der Waals surface area contributed by atoms with Gasteiger partial charge in [0.2, 0.25) is 5.91 Å². The van der Waals surface area contributed by atoms with Gasteiger partial charge in [0.25, 0.3) is 5.56 Å². The lowest BCUT2D eigenvalue weighted by Gasteiger charge is -2.28. The van der Waals surface area contributed by atoms with E-state index in [4.69, 9.17) is 0 Å². The highest BCUT2D eigenvalue weighted by Gasteiger charge is 2.26. The van der Waals surface area contributed by atoms with Gasteiger partial charge in [-0.2, -0.15) is 5.26 Å². The van der Waals surface area contributed by atoms with Gasteiger partial charge in [-0.15, -0.1) is 0 Å². The highest BCUT2D eigenvalue weighted by Crippen LogP contribution is 2.25. The zero-order chi connectivity index (χ0) is 15.7. The molecule has 1 aliphatic rings. The molecule has 0 saturated heterocycles. The first-order valence-electron chi connectivity index (χ1n) is 7.16. The molecule has 1 aromatic carbocycles. The molecule has 5 heteroatoms. The fraction of sp³-hybridized carbons (Fsp3) is 0.235. The van der Waals surface area contributed by atoms with E-state index < -0.39 is 0 Å². The van der Waals surface area contributed by atoms with Gasteiger partial charge in [0.05, 0.1) is 0 Å². The Morgan fingerprint density at radius 1 is 1.27 bits per heavy atom. The summed E-state index contributed by atoms with van der Waals surface area (Å²) >= 11 is 0. The fourth-order valence-electron chi connectivity index (χ4n) is 2.90. The Bertz CT molecular complexity index is 831. The van der Waals surface area contributed by atoms with Gasteiger partial charge in [-0.05, 0) is 36.6 Å². The summed E-state index contributed by atoms with van der Waals surface area (Å²) in [5.41, 5.74) is 1.79. The summed E-state index contributed by atoms with van der Waals surface area (Å²) in [5.74, 6) is -0.151. The molecule has 0 N–H and O–H groups in total. The Kier molecular flexibility index (Phi) is 3.51. The molecule has 5 nitrogen and oxygen atoms in total. The van der Waals surface area contributed by atoms with Crippen LogP contribution in [0.25, 0.3) is 5.69 Å². The fourth-order valence-corrected chi connectivity index (χ4v) is 2.90. The quantitative estimate of drug-likeness (QED) is 0.807. The SMILES string of the molecule is CC(=O)N1CCCc2cc(C#N)n(-c3ccccc3)c(=O)c21. The van der Waals surface area contributed by atoms with Gasteiger partial charge < -0.3 is 4.90 Å². The van der Waals surface area contributed by atoms with Crippen LogP contribution in [0.5, 0.6) is 0 Å². The van der Waals surface area contributed by atoms with Crippen LogP contribution in [-0.4, -0.2) is 17.0 Å². The van der Waals surface area contributed by atoms with E-state index in [2.05, 4.69) is 6.07 Å². The third kappa shape index (κ3) is 2.19. The van der Waals surface area contributed by atoms with E-state index in [0.29, 0.717) is 30.0 Å². The van der Waals surface area contributed by atoms with E-state index in [1.807, 2.05) is 18.2 Å². The molecule has 0 bridgehead atoms. The number of rotatable bonds is 1. The summed E-state index contributed by atoms with van der Waals surface area (Å²) in [6.07, 6.45) is 1.50. The van der Waals surface area contributed by atoms with Gasteiger partial charge in [0.15, 0.2) is 0 Å². The minimum absolute atomic E-state index is 0.151. The van der Waals surface area contributed by atoms with Crippen LogP contribution in [0, 0.1) is 11.3 Å². The molecule has 1 aliphatic heterocycles. The van der Waals surface area contributed by atoms with Crippen molar-refractivity contribution in [2.45, 2.75) is 19.8 Å². The molecule has 0 saturated carbocycles. The van der Waals surface area contributed by atoms with Crippen LogP contribution >= 0.6 is 0 Å². The molecule has 0 fully saturated rings. The number of hydrogen-bond acceptors (Lipinski definition) is 3. The van der Waals surface area contributed by atoms with Gasteiger partial charge in [-0.25, -0.2) is 0 Å². The number of aromatic nitrogens is 1. The Morgan fingerprint density at radius 2 is 2.00 bits per heavy atom. The van der Waals surface area contributed by atoms with Gasteiger partial charge in [-0.3, -0.25) is 14.2 Å². The Balaban J connectivity index is 2.33. The lowest BCUT2D eigenvalue weighted by molar-refractivity contribution is -0.116. The van der Waals surface area contributed by atoms with Crippen molar-refractivity contribution in [1.82, 2.24) is 4.57 Å². The summed E-state index contributed by atoms with van der Waals surface area (Å²) in [6, 6.07) is 12.8. The molecule has 2 aromatic rings. The summed E-state index contributed by atoms with van der Waals surface area (Å²) in [7, 11) is 0. The average Bonchev–Trinajstić information content (AvgIpc) is 2.54. The minimum atomic E-state index is -0.310. The second-order valence-electron chi connectivity index (χ2n) is 5.27. The number of benzene rings is 1. The molecule has 0 aliphatic carbocycles. The lowest BCUT2D eigenvalue weighted by atomic mass is 10.0. The maximum absolute atomic E-state index is 12.9. The van der Waals surface area contributed by atoms with Crippen LogP contribution in [0.15, 0.2) is 41.2 Å². The van der Waals surface area contributed by atoms with Crippen molar-refractivity contribution in [3.05, 3.63) is 58.0 Å². The third-order valence-corrected chi connectivity index (χ3v) is 3.87. The van der Waals surface area contributed by atoms with Gasteiger partial charge in [0, 0.05) is 19.2 Å². The van der Waals surface area contributed by atoms with E-state index in [-0.39, 0.29) is 11.5 Å². The van der Waals surface area contributed by atoms with E-state index >= 15 is 0 Å². The predicted molar refractivity (Wildman–Crippen MR) is 83.1 cm³/mol. The van der Waals surface area contributed by atoms with E-state index in [9.17, 15) is 14.9 Å². The van der Waals surface area contributed by atoms with Crippen LogP contribution in [0.1, 0.15) is 24.6 Å². The predicted octanol–water partition coefficient (Wildman–Crippen LogP) is 2.01. The van der Waals surface area contributed by atoms with Crippen LogP contribution in [0.2, 0.25) is 0 Å². The summed E-state index contributed by atoms with van der Waals surface area (Å²) in [5, 5.41) is 9.39. The van der Waals surface area contributed by atoms with Gasteiger partial charge >= 0.3 is 0 Å². The number of para-hydroxylation sites is 1. The number of fused-ring (bicyclic) bond motifs is 1. The zero-order valence-corrected chi connectivity index (χ0v) is 12.2. The molecular weight excluding hydrogens is 278 g/mol. The van der Waals surface area contributed by atoms with Crippen molar-refractivity contribution < 1.29 is 4.79 Å². The molecule has 22 heavy (non-hydrogen) atoms. The number of carbonyl (C=O) groups excluding carboxylic acids is 1. The highest BCUT2D eigenvalue weighted by atomic mass is 16.2. The first kappa shape index (κ1) is 14.1. The molecule has 3 rings (SSSR count). The molecular formula is C17H15N3O2. The van der Waals surface area contributed by atoms with Crippen molar-refractivity contribution in [1.29, 1.82) is 5.26 Å². The molecule has 0 atom stereocenters. The zero-order valence-electron chi connectivity index (χ0n) is 12.2. The van der Waals surface area contributed by atoms with Crippen LogP contribution < -0.4 is 10.5 Å². The van der Waals surface area contributed by atoms with E-state index in [0.717, 1.165) is 12.0 Å². The molecule has 0 unspecified atom stereocenters. The maximum atomic E-state index is 12.9. The van der Waals surface area contributed by atoms with Crippen LogP contribution in [0.4, 0.5) is 5.69 Å². The standard InChI is InChI=1S/C17H15N3O2/c1-12(21)19-9-5-6-13-10-15(11-18)20(17(22)16(13)19)14-7-3-2-4-8-14/h2-4,7-8,10H,5-6,9H2,1H3. The Labute approximate surface area is 128 Å². The van der Waals surface area contributed by atoms with Crippen LogP contribution in [0.3, 0.4) is 0 Å². The molecule has 110 valence electrons. The van der Waals surface area contributed by atoms with Crippen molar-refractivity contribution in [3.63, 3.8) is 0 Å². The van der Waals surface area contributed by atoms with Gasteiger partial charge in [0.1, 0.15) is 17.5 Å². The van der Waals surface area contributed by atoms with Crippen LogP contribution in [-0.2, 0) is 11.2 Å². The van der Waals surface area contributed by atoms with Gasteiger partial charge in [-0.1, -0.05) is 18.2 Å². The number of hydrogen-bond donors (Lipinski definition) is 0. The molecule has 1 aromatic heterocycles. The summed E-state index contributed by atoms with van der Waals surface area (Å²) < 4.78 is 1.38. The monoisotopic (exact) mass is 293 g/mol. The second kappa shape index (κ2) is 5.49. The molecule has 0 spiro atoms. The maximum Gasteiger partial charge on any atom is 0.280 e. The number of amides is 1. The first-order chi connectivity index (χ1) is 10.6. The minimum Gasteiger partial charge on any atom is -0.308 e. The highest BCUT2D eigenvalue weighted by molar-refractivity contribution is 5.92. The second-order valence-corrected chi connectivity index (χ2v) is 5.27. The lowest BCUT2D eigenvalue weighted by Crippen LogP contribution is -2.40. The van der Waals surface area contributed by atoms with E-state index in [1.165, 1.54) is 16.4 Å². The third-order valence-electron chi connectivity index (χ3n) is 3.87. The molecule has 0 radical (unpaired) electrons. The van der Waals surface area contributed by atoms with Crippen molar-refractivity contribution in [3.8, 4) is 11.8 Å². The summed E-state index contributed by atoms with van der Waals surface area (Å²) in [4.78, 5) is 26.3. The number of nitriles is 1. The first-order valence-corrected chi connectivity index (χ1v) is 7.16. The van der Waals surface area contributed by atoms with Crippen molar-refractivity contribution in [2.75, 3.05) is 11.4 Å². The Hall–Kier alpha value is -2.87. The largest absolute Gasteiger partial charge is 0.308 e. The van der Waals surface area contributed by atoms with Crippen molar-refractivity contribution >= 4 is 11.6 Å². The number of carbonyl (C=O) groups is 1. The molecule has 2 heterocycles. The summed E-state index contributed by atoms with van der Waals surface area (Å²) in [6.45, 7) is 2.00. The normalized spacial score (nSPS) is 13.4. The van der Waals surface area contributed by atoms with E-state index in [1.54, 1.807) is 18.2 Å². The number of pyridine rings is 1. The smallest absolute Gasteiger partial charge is 0.280 e. The van der Waals surface area contributed by atoms with Crippen molar-refractivity contribution in [2.24, 2.45) is 0 Å².